The van der Waals surface area contributed by atoms with E-state index in [9.17, 15) is 19.8 Å². The lowest BCUT2D eigenvalue weighted by Gasteiger charge is -2.12. The van der Waals surface area contributed by atoms with Crippen LogP contribution in [0, 0.1) is 5.82 Å². The lowest BCUT2D eigenvalue weighted by Crippen LogP contribution is -2.06. The predicted molar refractivity (Wildman–Crippen MR) is 144 cm³/mol. The second-order valence-electron chi connectivity index (χ2n) is 9.02. The molecule has 7 heteroatoms. The van der Waals surface area contributed by atoms with Crippen molar-refractivity contribution in [3.8, 4) is 33.8 Å². The Morgan fingerprint density at radius 2 is 1.61 bits per heavy atom. The zero-order chi connectivity index (χ0) is 27.0. The Bertz CT molecular complexity index is 1620. The van der Waals surface area contributed by atoms with Gasteiger partial charge in [-0.25, -0.2) is 4.39 Å². The number of allylic oxidation sites excluding steroid dienone is 1. The van der Waals surface area contributed by atoms with Gasteiger partial charge >= 0.3 is 5.97 Å². The molecule has 1 aliphatic heterocycles. The number of phenols is 1. The van der Waals surface area contributed by atoms with E-state index in [0.717, 1.165) is 5.56 Å². The lowest BCUT2D eigenvalue weighted by atomic mass is 9.92. The van der Waals surface area contributed by atoms with Crippen molar-refractivity contribution in [3.63, 3.8) is 0 Å². The van der Waals surface area contributed by atoms with Crippen LogP contribution in [0.4, 0.5) is 10.1 Å². The first-order chi connectivity index (χ1) is 18.3. The number of carbonyl (C=O) groups is 2. The molecule has 1 aliphatic rings. The summed E-state index contributed by atoms with van der Waals surface area (Å²) < 4.78 is 20.5. The van der Waals surface area contributed by atoms with E-state index >= 15 is 4.39 Å². The number of carboxylic acid groups (broad SMARTS) is 1. The number of fused-ring (bicyclic) bond motifs is 1. The summed E-state index contributed by atoms with van der Waals surface area (Å²) in [7, 11) is 1.47. The smallest absolute Gasteiger partial charge is 0.307 e. The SMILES string of the molecule is COc1ccc(C(C)=C2C(=O)Nc3cc(F)c(-c4ccc(-c5ccccc5O)cc4)cc32)cc1CC(=O)O. The number of halogens is 1. The van der Waals surface area contributed by atoms with Crippen molar-refractivity contribution in [2.24, 2.45) is 0 Å². The standard InChI is InChI=1S/C31H24FNO5/c1-17(20-11-12-28(38-2)21(13-20)14-29(35)36)30-24-15-23(25(32)16-26(24)33-31(30)37)19-9-7-18(8-10-19)22-5-3-4-6-27(22)34/h3-13,15-16,34H,14H2,1-2H3,(H,33,37)(H,35,36). The van der Waals surface area contributed by atoms with Crippen molar-refractivity contribution in [3.05, 3.63) is 101 Å². The van der Waals surface area contributed by atoms with E-state index in [-0.39, 0.29) is 18.1 Å². The summed E-state index contributed by atoms with van der Waals surface area (Å²) in [6, 6.07) is 22.2. The number of aromatic hydroxyl groups is 1. The molecule has 0 aromatic heterocycles. The van der Waals surface area contributed by atoms with E-state index < -0.39 is 11.8 Å². The maximum Gasteiger partial charge on any atom is 0.307 e. The van der Waals surface area contributed by atoms with Gasteiger partial charge in [0.15, 0.2) is 0 Å². The third kappa shape index (κ3) is 4.50. The van der Waals surface area contributed by atoms with Crippen LogP contribution in [0.2, 0.25) is 0 Å². The molecular formula is C31H24FNO5. The monoisotopic (exact) mass is 509 g/mol. The molecule has 0 fully saturated rings. The van der Waals surface area contributed by atoms with Crippen molar-refractivity contribution >= 4 is 28.7 Å². The normalized spacial score (nSPS) is 13.6. The average molecular weight is 510 g/mol. The summed E-state index contributed by atoms with van der Waals surface area (Å²) in [6.45, 7) is 1.78. The number of benzene rings is 4. The fourth-order valence-electron chi connectivity index (χ4n) is 4.79. The van der Waals surface area contributed by atoms with Gasteiger partial charge in [-0.3, -0.25) is 9.59 Å². The third-order valence-electron chi connectivity index (χ3n) is 6.69. The van der Waals surface area contributed by atoms with E-state index in [2.05, 4.69) is 5.32 Å². The number of rotatable bonds is 6. The van der Waals surface area contributed by atoms with E-state index in [4.69, 9.17) is 4.74 Å². The predicted octanol–water partition coefficient (Wildman–Crippen LogP) is 6.38. The van der Waals surface area contributed by atoms with Crippen LogP contribution in [0.1, 0.15) is 23.6 Å². The highest BCUT2D eigenvalue weighted by Crippen LogP contribution is 2.41. The van der Waals surface area contributed by atoms with Gasteiger partial charge < -0.3 is 20.3 Å². The molecule has 0 bridgehead atoms. The number of amides is 1. The van der Waals surface area contributed by atoms with E-state index in [1.807, 2.05) is 18.2 Å². The van der Waals surface area contributed by atoms with Crippen LogP contribution in [0.15, 0.2) is 78.9 Å². The number of carbonyl (C=O) groups excluding carboxylic acids is 1. The fourth-order valence-corrected chi connectivity index (χ4v) is 4.79. The topological polar surface area (TPSA) is 95.9 Å². The molecule has 1 amide bonds. The summed E-state index contributed by atoms with van der Waals surface area (Å²) in [6.07, 6.45) is -0.228. The number of phenolic OH excluding ortho intramolecular Hbond substituents is 1. The highest BCUT2D eigenvalue weighted by molar-refractivity contribution is 6.36. The molecular weight excluding hydrogens is 485 g/mol. The van der Waals surface area contributed by atoms with Gasteiger partial charge in [0.2, 0.25) is 0 Å². The Balaban J connectivity index is 1.57. The van der Waals surface area contributed by atoms with E-state index in [1.54, 1.807) is 61.5 Å². The molecule has 0 atom stereocenters. The zero-order valence-electron chi connectivity index (χ0n) is 20.7. The molecule has 4 aromatic rings. The van der Waals surface area contributed by atoms with Gasteiger partial charge in [0.05, 0.1) is 24.8 Å². The number of hydrogen-bond acceptors (Lipinski definition) is 4. The Hall–Kier alpha value is -4.91. The lowest BCUT2D eigenvalue weighted by molar-refractivity contribution is -0.136. The number of hydrogen-bond donors (Lipinski definition) is 3. The molecule has 4 aromatic carbocycles. The second kappa shape index (κ2) is 9.86. The molecule has 0 unspecified atom stereocenters. The molecule has 38 heavy (non-hydrogen) atoms. The minimum atomic E-state index is -0.997. The van der Waals surface area contributed by atoms with Crippen molar-refractivity contribution < 1.29 is 28.9 Å². The zero-order valence-corrected chi connectivity index (χ0v) is 20.7. The van der Waals surface area contributed by atoms with Gasteiger partial charge in [0.25, 0.3) is 5.91 Å². The number of ether oxygens (including phenoxy) is 1. The van der Waals surface area contributed by atoms with Gasteiger partial charge in [0, 0.05) is 22.3 Å². The van der Waals surface area contributed by atoms with Crippen LogP contribution in [0.5, 0.6) is 11.5 Å². The van der Waals surface area contributed by atoms with Crippen LogP contribution in [-0.4, -0.2) is 29.2 Å². The average Bonchev–Trinajstić information content (AvgIpc) is 3.22. The molecule has 3 N–H and O–H groups in total. The summed E-state index contributed by atoms with van der Waals surface area (Å²) >= 11 is 0. The Kier molecular flexibility index (Phi) is 6.43. The minimum Gasteiger partial charge on any atom is -0.507 e. The summed E-state index contributed by atoms with van der Waals surface area (Å²) in [5.74, 6) is -1.24. The van der Waals surface area contributed by atoms with Crippen molar-refractivity contribution in [1.29, 1.82) is 0 Å². The fraction of sp³-hybridized carbons (Fsp3) is 0.0968. The summed E-state index contributed by atoms with van der Waals surface area (Å²) in [5.41, 5.74) is 5.51. The van der Waals surface area contributed by atoms with Gasteiger partial charge in [-0.1, -0.05) is 48.5 Å². The number of para-hydroxylation sites is 1. The molecule has 0 saturated carbocycles. The highest BCUT2D eigenvalue weighted by Gasteiger charge is 2.29. The molecule has 0 spiro atoms. The van der Waals surface area contributed by atoms with E-state index in [0.29, 0.717) is 56.0 Å². The summed E-state index contributed by atoms with van der Waals surface area (Å²) in [4.78, 5) is 24.3. The van der Waals surface area contributed by atoms with Crippen molar-refractivity contribution in [2.75, 3.05) is 12.4 Å². The Morgan fingerprint density at radius 3 is 2.26 bits per heavy atom. The molecule has 190 valence electrons. The number of anilines is 1. The molecule has 6 nitrogen and oxygen atoms in total. The van der Waals surface area contributed by atoms with Crippen LogP contribution in [-0.2, 0) is 16.0 Å². The first-order valence-corrected chi connectivity index (χ1v) is 11.9. The van der Waals surface area contributed by atoms with Gasteiger partial charge in [-0.05, 0) is 59.5 Å². The largest absolute Gasteiger partial charge is 0.507 e. The maximum absolute atomic E-state index is 15.2. The number of nitrogens with one attached hydrogen (secondary N) is 1. The van der Waals surface area contributed by atoms with Gasteiger partial charge in [-0.2, -0.15) is 0 Å². The van der Waals surface area contributed by atoms with Crippen LogP contribution in [0.3, 0.4) is 0 Å². The Morgan fingerprint density at radius 1 is 0.921 bits per heavy atom. The minimum absolute atomic E-state index is 0.156. The first-order valence-electron chi connectivity index (χ1n) is 11.9. The van der Waals surface area contributed by atoms with Crippen molar-refractivity contribution in [1.82, 2.24) is 0 Å². The molecule has 0 saturated heterocycles. The summed E-state index contributed by atoms with van der Waals surface area (Å²) in [5, 5.41) is 22.2. The van der Waals surface area contributed by atoms with Crippen LogP contribution < -0.4 is 10.1 Å². The quantitative estimate of drug-likeness (QED) is 0.262. The van der Waals surface area contributed by atoms with Crippen LogP contribution in [0.25, 0.3) is 33.4 Å². The van der Waals surface area contributed by atoms with E-state index in [1.165, 1.54) is 13.2 Å². The number of methoxy groups -OCH3 is 1. The van der Waals surface area contributed by atoms with Gasteiger partial charge in [0.1, 0.15) is 17.3 Å². The van der Waals surface area contributed by atoms with Gasteiger partial charge in [-0.15, -0.1) is 0 Å². The number of carboxylic acids is 1. The highest BCUT2D eigenvalue weighted by atomic mass is 19.1. The van der Waals surface area contributed by atoms with Crippen molar-refractivity contribution in [2.45, 2.75) is 13.3 Å². The van der Waals surface area contributed by atoms with Crippen LogP contribution >= 0.6 is 0 Å². The maximum atomic E-state index is 15.2. The molecule has 5 rings (SSSR count). The third-order valence-corrected chi connectivity index (χ3v) is 6.69. The molecule has 0 aliphatic carbocycles. The second-order valence-corrected chi connectivity index (χ2v) is 9.02. The number of aliphatic carboxylic acids is 1. The molecule has 0 radical (unpaired) electrons. The Labute approximate surface area is 218 Å². The molecule has 1 heterocycles. The first kappa shape index (κ1) is 24.8.